The number of anilines is 1. The molecule has 3 N–H and O–H groups in total. The van der Waals surface area contributed by atoms with Crippen LogP contribution < -0.4 is 15.5 Å². The minimum absolute atomic E-state index is 0.0991. The SMILES string of the molecule is CC(=O)NC(Cc1ccc(N(CCCl)CCCl)cc1)C(=O)N[C@@H](CC(C)C)C(=O)O. The Morgan fingerprint density at radius 1 is 1.00 bits per heavy atom. The smallest absolute Gasteiger partial charge is 0.326 e. The molecule has 0 aliphatic heterocycles. The molecule has 1 aromatic carbocycles. The number of amides is 2. The van der Waals surface area contributed by atoms with Gasteiger partial charge in [-0.3, -0.25) is 9.59 Å². The zero-order valence-corrected chi connectivity index (χ0v) is 19.2. The first-order valence-corrected chi connectivity index (χ1v) is 11.0. The van der Waals surface area contributed by atoms with Crippen LogP contribution >= 0.6 is 23.2 Å². The van der Waals surface area contributed by atoms with E-state index in [9.17, 15) is 19.5 Å². The molecule has 30 heavy (non-hydrogen) atoms. The molecular weight excluding hydrogens is 429 g/mol. The van der Waals surface area contributed by atoms with Crippen LogP contribution in [0.3, 0.4) is 0 Å². The Labute approximate surface area is 188 Å². The van der Waals surface area contributed by atoms with Gasteiger partial charge in [0.2, 0.25) is 11.8 Å². The molecule has 7 nitrogen and oxygen atoms in total. The van der Waals surface area contributed by atoms with Crippen molar-refractivity contribution in [3.05, 3.63) is 29.8 Å². The van der Waals surface area contributed by atoms with E-state index in [4.69, 9.17) is 23.2 Å². The molecule has 2 atom stereocenters. The number of rotatable bonds is 13. The Morgan fingerprint density at radius 3 is 2.00 bits per heavy atom. The number of hydrogen-bond acceptors (Lipinski definition) is 4. The second kappa shape index (κ2) is 13.3. The van der Waals surface area contributed by atoms with Gasteiger partial charge in [0.1, 0.15) is 12.1 Å². The van der Waals surface area contributed by atoms with Crippen LogP contribution in [0.15, 0.2) is 24.3 Å². The molecule has 9 heteroatoms. The number of nitrogens with one attached hydrogen (secondary N) is 2. The van der Waals surface area contributed by atoms with Gasteiger partial charge in [0.05, 0.1) is 0 Å². The molecular formula is C21H31Cl2N3O4. The molecule has 2 amide bonds. The molecule has 1 rings (SSSR count). The molecule has 0 saturated heterocycles. The van der Waals surface area contributed by atoms with Crippen LogP contribution in [0.4, 0.5) is 5.69 Å². The minimum Gasteiger partial charge on any atom is -0.480 e. The summed E-state index contributed by atoms with van der Waals surface area (Å²) in [5, 5.41) is 14.5. The van der Waals surface area contributed by atoms with Crippen molar-refractivity contribution in [2.24, 2.45) is 5.92 Å². The lowest BCUT2D eigenvalue weighted by molar-refractivity contribution is -0.142. The molecule has 0 saturated carbocycles. The van der Waals surface area contributed by atoms with Crippen molar-refractivity contribution >= 4 is 46.7 Å². The van der Waals surface area contributed by atoms with Gasteiger partial charge in [0.25, 0.3) is 0 Å². The average molecular weight is 460 g/mol. The number of nitrogens with zero attached hydrogens (tertiary/aromatic N) is 1. The molecule has 0 aliphatic carbocycles. The van der Waals surface area contributed by atoms with Crippen molar-refractivity contribution in [3.63, 3.8) is 0 Å². The van der Waals surface area contributed by atoms with Gasteiger partial charge in [0.15, 0.2) is 0 Å². The van der Waals surface area contributed by atoms with Crippen LogP contribution in [0, 0.1) is 5.92 Å². The highest BCUT2D eigenvalue weighted by molar-refractivity contribution is 6.18. The van der Waals surface area contributed by atoms with Gasteiger partial charge in [-0.15, -0.1) is 23.2 Å². The molecule has 1 aromatic rings. The molecule has 0 aromatic heterocycles. The van der Waals surface area contributed by atoms with Gasteiger partial charge in [-0.1, -0.05) is 26.0 Å². The largest absolute Gasteiger partial charge is 0.480 e. The Kier molecular flexibility index (Phi) is 11.6. The number of carboxylic acid groups (broad SMARTS) is 1. The summed E-state index contributed by atoms with van der Waals surface area (Å²) in [4.78, 5) is 37.8. The molecule has 168 valence electrons. The summed E-state index contributed by atoms with van der Waals surface area (Å²) in [5.74, 6) is -0.926. The highest BCUT2D eigenvalue weighted by Gasteiger charge is 2.26. The third kappa shape index (κ3) is 9.22. The van der Waals surface area contributed by atoms with Crippen molar-refractivity contribution in [3.8, 4) is 0 Å². The number of carboxylic acids is 1. The molecule has 0 fully saturated rings. The average Bonchev–Trinajstić information content (AvgIpc) is 2.66. The van der Waals surface area contributed by atoms with Gasteiger partial charge in [0, 0.05) is 43.9 Å². The lowest BCUT2D eigenvalue weighted by atomic mass is 10.0. The van der Waals surface area contributed by atoms with E-state index in [2.05, 4.69) is 15.5 Å². The van der Waals surface area contributed by atoms with Crippen molar-refractivity contribution in [1.82, 2.24) is 10.6 Å². The summed E-state index contributed by atoms with van der Waals surface area (Å²) in [6.45, 7) is 6.41. The summed E-state index contributed by atoms with van der Waals surface area (Å²) >= 11 is 11.7. The molecule has 0 heterocycles. The standard InChI is InChI=1S/C21H31Cl2N3O4/c1-14(2)12-19(21(29)30)25-20(28)18(24-15(3)27)13-16-4-6-17(7-5-16)26(10-8-22)11-9-23/h4-7,14,18-19H,8-13H2,1-3H3,(H,24,27)(H,25,28)(H,29,30)/t18?,19-/m0/s1. The first-order valence-electron chi connectivity index (χ1n) is 9.94. The zero-order chi connectivity index (χ0) is 22.7. The Bertz CT molecular complexity index is 692. The first kappa shape index (κ1) is 26.0. The number of halogens is 2. The molecule has 0 aliphatic rings. The van der Waals surface area contributed by atoms with E-state index in [-0.39, 0.29) is 18.2 Å². The summed E-state index contributed by atoms with van der Waals surface area (Å²) < 4.78 is 0. The van der Waals surface area contributed by atoms with Crippen LogP contribution in [0.1, 0.15) is 32.8 Å². The second-order valence-electron chi connectivity index (χ2n) is 7.52. The van der Waals surface area contributed by atoms with Gasteiger partial charge >= 0.3 is 5.97 Å². The predicted molar refractivity (Wildman–Crippen MR) is 120 cm³/mol. The Balaban J connectivity index is 2.92. The van der Waals surface area contributed by atoms with Crippen LogP contribution in [0.5, 0.6) is 0 Å². The molecule has 0 bridgehead atoms. The van der Waals surface area contributed by atoms with E-state index >= 15 is 0 Å². The maximum Gasteiger partial charge on any atom is 0.326 e. The summed E-state index contributed by atoms with van der Waals surface area (Å²) in [6.07, 6.45) is 0.546. The number of aliphatic carboxylic acids is 1. The maximum absolute atomic E-state index is 12.7. The molecule has 0 spiro atoms. The predicted octanol–water partition coefficient (Wildman–Crippen LogP) is 2.63. The van der Waals surface area contributed by atoms with Crippen molar-refractivity contribution in [1.29, 1.82) is 0 Å². The Hall–Kier alpha value is -1.99. The third-order valence-electron chi connectivity index (χ3n) is 4.47. The van der Waals surface area contributed by atoms with Gasteiger partial charge in [-0.2, -0.15) is 0 Å². The van der Waals surface area contributed by atoms with E-state index in [0.717, 1.165) is 11.3 Å². The number of carbonyl (C=O) groups excluding carboxylic acids is 2. The highest BCUT2D eigenvalue weighted by Crippen LogP contribution is 2.17. The van der Waals surface area contributed by atoms with Crippen LogP contribution in [0.2, 0.25) is 0 Å². The topological polar surface area (TPSA) is 98.7 Å². The fourth-order valence-electron chi connectivity index (χ4n) is 3.07. The minimum atomic E-state index is -1.10. The Morgan fingerprint density at radius 2 is 1.57 bits per heavy atom. The maximum atomic E-state index is 12.7. The number of carbonyl (C=O) groups is 3. The highest BCUT2D eigenvalue weighted by atomic mass is 35.5. The fourth-order valence-corrected chi connectivity index (χ4v) is 3.48. The van der Waals surface area contributed by atoms with Crippen LogP contribution in [-0.4, -0.2) is 59.8 Å². The number of hydrogen-bond donors (Lipinski definition) is 3. The van der Waals surface area contributed by atoms with E-state index < -0.39 is 24.0 Å². The molecule has 1 unspecified atom stereocenters. The summed E-state index contributed by atoms with van der Waals surface area (Å²) in [5.41, 5.74) is 1.79. The quantitative estimate of drug-likeness (QED) is 0.393. The van der Waals surface area contributed by atoms with E-state index in [1.807, 2.05) is 38.1 Å². The normalized spacial score (nSPS) is 12.9. The van der Waals surface area contributed by atoms with Gasteiger partial charge < -0.3 is 20.6 Å². The van der Waals surface area contributed by atoms with E-state index in [1.165, 1.54) is 6.92 Å². The van der Waals surface area contributed by atoms with Crippen LogP contribution in [0.25, 0.3) is 0 Å². The number of alkyl halides is 2. The zero-order valence-electron chi connectivity index (χ0n) is 17.7. The monoisotopic (exact) mass is 459 g/mol. The van der Waals surface area contributed by atoms with E-state index in [0.29, 0.717) is 31.3 Å². The first-order chi connectivity index (χ1) is 14.2. The van der Waals surface area contributed by atoms with Crippen molar-refractivity contribution < 1.29 is 19.5 Å². The van der Waals surface area contributed by atoms with Gasteiger partial charge in [-0.05, 0) is 30.0 Å². The lowest BCUT2D eigenvalue weighted by Gasteiger charge is -2.24. The van der Waals surface area contributed by atoms with E-state index in [1.54, 1.807) is 0 Å². The van der Waals surface area contributed by atoms with Crippen molar-refractivity contribution in [2.75, 3.05) is 29.7 Å². The number of benzene rings is 1. The second-order valence-corrected chi connectivity index (χ2v) is 8.27. The molecule has 0 radical (unpaired) electrons. The van der Waals surface area contributed by atoms with Crippen molar-refractivity contribution in [2.45, 2.75) is 45.7 Å². The van der Waals surface area contributed by atoms with Crippen LogP contribution in [-0.2, 0) is 20.8 Å². The van der Waals surface area contributed by atoms with Gasteiger partial charge in [-0.25, -0.2) is 4.79 Å². The third-order valence-corrected chi connectivity index (χ3v) is 4.80. The lowest BCUT2D eigenvalue weighted by Crippen LogP contribution is -2.52. The fraction of sp³-hybridized carbons (Fsp3) is 0.571. The summed E-state index contributed by atoms with van der Waals surface area (Å²) in [6, 6.07) is 5.69. The summed E-state index contributed by atoms with van der Waals surface area (Å²) in [7, 11) is 0.